The minimum absolute atomic E-state index is 0.0386. The van der Waals surface area contributed by atoms with E-state index in [1.165, 1.54) is 0 Å². The molecule has 4 atom stereocenters. The van der Waals surface area contributed by atoms with Gasteiger partial charge in [-0.2, -0.15) is 0 Å². The van der Waals surface area contributed by atoms with Gasteiger partial charge < -0.3 is 48.8 Å². The number of aliphatic imine (C=N–C) groups is 1. The molecular weight excluding hydrogens is 765 g/mol. The van der Waals surface area contributed by atoms with Gasteiger partial charge in [-0.3, -0.25) is 33.8 Å². The number of nitrogens with two attached hydrogens (primary N) is 3. The van der Waals surface area contributed by atoms with Crippen LogP contribution in [0.4, 0.5) is 0 Å². The van der Waals surface area contributed by atoms with Crippen molar-refractivity contribution in [2.75, 3.05) is 13.1 Å². The molecule has 1 aromatic heterocycles. The maximum Gasteiger partial charge on any atom is 0.246 e. The van der Waals surface area contributed by atoms with Crippen molar-refractivity contribution in [3.05, 3.63) is 107 Å². The highest BCUT2D eigenvalue weighted by Crippen LogP contribution is 2.30. The number of aromatic amines is 1. The third-order valence-corrected chi connectivity index (χ3v) is 10.7. The number of hydrogen-bond donors (Lipinski definition) is 9. The van der Waals surface area contributed by atoms with Gasteiger partial charge in [0.2, 0.25) is 35.4 Å². The number of guanidine groups is 1. The molecule has 4 aromatic rings. The van der Waals surface area contributed by atoms with Gasteiger partial charge >= 0.3 is 0 Å². The number of rotatable bonds is 21. The second kappa shape index (κ2) is 21.3. The molecule has 1 aliphatic carbocycles. The Morgan fingerprint density at radius 3 is 2.17 bits per heavy atom. The Labute approximate surface area is 349 Å². The van der Waals surface area contributed by atoms with E-state index < -0.39 is 59.7 Å². The van der Waals surface area contributed by atoms with Crippen molar-refractivity contribution in [1.82, 2.24) is 31.6 Å². The van der Waals surface area contributed by atoms with Crippen molar-refractivity contribution >= 4 is 52.3 Å². The summed E-state index contributed by atoms with van der Waals surface area (Å²) < 4.78 is 0. The van der Waals surface area contributed by atoms with Crippen LogP contribution in [0.25, 0.3) is 10.9 Å². The van der Waals surface area contributed by atoms with E-state index in [-0.39, 0.29) is 56.9 Å². The molecule has 12 N–H and O–H groups in total. The van der Waals surface area contributed by atoms with Crippen LogP contribution in [0.3, 0.4) is 0 Å². The first-order valence-electron chi connectivity index (χ1n) is 20.4. The van der Waals surface area contributed by atoms with Crippen molar-refractivity contribution in [2.24, 2.45) is 22.2 Å². The Kier molecular flexibility index (Phi) is 15.8. The molecule has 1 heterocycles. The summed E-state index contributed by atoms with van der Waals surface area (Å²) in [6.45, 7) is 1.67. The number of amides is 6. The van der Waals surface area contributed by atoms with Crippen LogP contribution in [0.2, 0.25) is 0 Å². The number of primary amides is 1. The minimum atomic E-state index is -1.33. The van der Waals surface area contributed by atoms with Crippen LogP contribution >= 0.6 is 0 Å². The fraction of sp³-hybridized carbons (Fsp3) is 0.386. The zero-order chi connectivity index (χ0) is 43.1. The third kappa shape index (κ3) is 12.4. The van der Waals surface area contributed by atoms with Gasteiger partial charge in [0.25, 0.3) is 0 Å². The standard InChI is InChI=1S/C44H56N10O6/c1-2-3-19-38(56)54-44(21-20-29-14-7-8-15-30(29)25-44)42(60)53-35(23-28-12-5-4-6-13-28)41(59)51-34(18-11-22-48-43(46)47)40(58)52-36(39(57)50-27-37(45)55)24-31-26-49-33-17-10-9-16-32(31)33/h4-10,12-17,26,34-36,49H,2-3,11,18-25,27H2,1H3,(H2,45,55)(H,50,57)(H,51,59)(H,52,58)(H,53,60)(H,54,56)(H4,46,47,48)/t34-,35+,36-,44+/m0/s1. The predicted molar refractivity (Wildman–Crippen MR) is 229 cm³/mol. The van der Waals surface area contributed by atoms with E-state index in [0.29, 0.717) is 19.3 Å². The summed E-state index contributed by atoms with van der Waals surface area (Å²) in [5.74, 6) is -3.70. The van der Waals surface area contributed by atoms with Crippen molar-refractivity contribution < 1.29 is 28.8 Å². The molecule has 60 heavy (non-hydrogen) atoms. The quantitative estimate of drug-likeness (QED) is 0.0335. The number of aromatic nitrogens is 1. The zero-order valence-corrected chi connectivity index (χ0v) is 33.9. The normalized spacial score (nSPS) is 15.9. The number of unbranched alkanes of at least 4 members (excludes halogenated alkanes) is 1. The summed E-state index contributed by atoms with van der Waals surface area (Å²) in [7, 11) is 0. The average Bonchev–Trinajstić information content (AvgIpc) is 3.65. The Morgan fingerprint density at radius 1 is 0.767 bits per heavy atom. The minimum Gasteiger partial charge on any atom is -0.370 e. The summed E-state index contributed by atoms with van der Waals surface area (Å²) in [5.41, 5.74) is 19.4. The van der Waals surface area contributed by atoms with Crippen molar-refractivity contribution in [2.45, 2.75) is 94.8 Å². The van der Waals surface area contributed by atoms with E-state index in [0.717, 1.165) is 39.6 Å². The van der Waals surface area contributed by atoms with E-state index in [9.17, 15) is 28.8 Å². The maximum atomic E-state index is 14.6. The first-order valence-corrected chi connectivity index (χ1v) is 20.4. The fourth-order valence-electron chi connectivity index (χ4n) is 7.46. The van der Waals surface area contributed by atoms with E-state index >= 15 is 0 Å². The highest BCUT2D eigenvalue weighted by Gasteiger charge is 2.44. The Hall–Kier alpha value is -6.71. The summed E-state index contributed by atoms with van der Waals surface area (Å²) in [6.07, 6.45) is 4.96. The number of nitrogens with one attached hydrogen (secondary N) is 6. The number of carbonyl (C=O) groups excluding carboxylic acids is 6. The number of aryl methyl sites for hydroxylation is 1. The largest absolute Gasteiger partial charge is 0.370 e. The first-order chi connectivity index (χ1) is 28.9. The fourth-order valence-corrected chi connectivity index (χ4v) is 7.46. The lowest BCUT2D eigenvalue weighted by Gasteiger charge is -2.38. The van der Waals surface area contributed by atoms with Crippen molar-refractivity contribution in [1.29, 1.82) is 0 Å². The molecule has 0 unspecified atom stereocenters. The molecular formula is C44H56N10O6. The van der Waals surface area contributed by atoms with Gasteiger partial charge in [-0.15, -0.1) is 0 Å². The highest BCUT2D eigenvalue weighted by molar-refractivity contribution is 5.98. The van der Waals surface area contributed by atoms with Crippen molar-refractivity contribution in [3.8, 4) is 0 Å². The zero-order valence-electron chi connectivity index (χ0n) is 33.9. The van der Waals surface area contributed by atoms with Gasteiger partial charge in [-0.05, 0) is 60.4 Å². The molecule has 5 rings (SSSR count). The van der Waals surface area contributed by atoms with E-state index in [1.807, 2.05) is 85.8 Å². The molecule has 318 valence electrons. The molecule has 0 bridgehead atoms. The lowest BCUT2D eigenvalue weighted by molar-refractivity contribution is -0.137. The number of nitrogens with zero attached hydrogens (tertiary/aromatic N) is 1. The van der Waals surface area contributed by atoms with Crippen LogP contribution < -0.4 is 43.8 Å². The van der Waals surface area contributed by atoms with Crippen molar-refractivity contribution in [3.63, 3.8) is 0 Å². The Balaban J connectivity index is 1.43. The molecule has 0 fully saturated rings. The molecule has 0 radical (unpaired) electrons. The Morgan fingerprint density at radius 2 is 1.43 bits per heavy atom. The summed E-state index contributed by atoms with van der Waals surface area (Å²) in [5, 5.41) is 14.9. The van der Waals surface area contributed by atoms with Crippen LogP contribution in [-0.4, -0.2) is 83.1 Å². The third-order valence-electron chi connectivity index (χ3n) is 10.7. The molecule has 6 amide bonds. The number of para-hydroxylation sites is 1. The second-order valence-electron chi connectivity index (χ2n) is 15.2. The van der Waals surface area contributed by atoms with E-state index in [2.05, 4.69) is 36.6 Å². The van der Waals surface area contributed by atoms with Gasteiger partial charge in [-0.1, -0.05) is 86.1 Å². The number of carbonyl (C=O) groups is 6. The van der Waals surface area contributed by atoms with Crippen LogP contribution in [-0.2, 0) is 54.5 Å². The molecule has 16 heteroatoms. The van der Waals surface area contributed by atoms with Gasteiger partial charge in [0, 0.05) is 49.3 Å². The number of fused-ring (bicyclic) bond motifs is 2. The molecule has 0 saturated carbocycles. The lowest BCUT2D eigenvalue weighted by atomic mass is 9.77. The van der Waals surface area contributed by atoms with Gasteiger partial charge in [0.05, 0.1) is 6.54 Å². The average molecular weight is 821 g/mol. The van der Waals surface area contributed by atoms with Crippen LogP contribution in [0.15, 0.2) is 90.1 Å². The molecule has 1 aliphatic rings. The SMILES string of the molecule is CCCCC(=O)N[C@]1(C(=O)N[C@H](Cc2ccccc2)C(=O)N[C@@H](CCCN=C(N)N)C(=O)N[C@@H](Cc2c[nH]c3ccccc23)C(=O)NCC(N)=O)CCc2ccccc2C1. The van der Waals surface area contributed by atoms with Gasteiger partial charge in [0.15, 0.2) is 5.96 Å². The van der Waals surface area contributed by atoms with Gasteiger partial charge in [-0.25, -0.2) is 0 Å². The number of hydrogen-bond acceptors (Lipinski definition) is 7. The van der Waals surface area contributed by atoms with Crippen LogP contribution in [0.5, 0.6) is 0 Å². The lowest BCUT2D eigenvalue weighted by Crippen LogP contribution is -2.65. The first kappa shape index (κ1) is 44.4. The monoisotopic (exact) mass is 820 g/mol. The van der Waals surface area contributed by atoms with E-state index in [4.69, 9.17) is 17.2 Å². The predicted octanol–water partition coefficient (Wildman–Crippen LogP) is 1.30. The Bertz CT molecular complexity index is 2170. The molecule has 0 saturated heterocycles. The smallest absolute Gasteiger partial charge is 0.246 e. The van der Waals surface area contributed by atoms with Crippen LogP contribution in [0.1, 0.15) is 67.7 Å². The van der Waals surface area contributed by atoms with Crippen LogP contribution in [0, 0.1) is 0 Å². The molecule has 0 aliphatic heterocycles. The molecule has 16 nitrogen and oxygen atoms in total. The summed E-state index contributed by atoms with van der Waals surface area (Å²) >= 11 is 0. The maximum absolute atomic E-state index is 14.6. The number of benzene rings is 3. The summed E-state index contributed by atoms with van der Waals surface area (Å²) in [6, 6.07) is 20.8. The highest BCUT2D eigenvalue weighted by atomic mass is 16.2. The molecule has 0 spiro atoms. The summed E-state index contributed by atoms with van der Waals surface area (Å²) in [4.78, 5) is 88.9. The molecule has 3 aromatic carbocycles. The van der Waals surface area contributed by atoms with E-state index in [1.54, 1.807) is 6.20 Å². The second-order valence-corrected chi connectivity index (χ2v) is 15.2. The topological polar surface area (TPSA) is 269 Å². The number of H-pyrrole nitrogens is 1. The van der Waals surface area contributed by atoms with Gasteiger partial charge in [0.1, 0.15) is 23.7 Å².